The number of carbonyl (C=O) groups is 2. The second-order valence-electron chi connectivity index (χ2n) is 5.63. The van der Waals surface area contributed by atoms with Crippen molar-refractivity contribution in [2.45, 2.75) is 38.3 Å². The molecular formula is C16H20N2O3. The van der Waals surface area contributed by atoms with E-state index in [9.17, 15) is 9.59 Å². The number of fused-ring (bicyclic) bond motifs is 1. The fourth-order valence-corrected chi connectivity index (χ4v) is 3.25. The van der Waals surface area contributed by atoms with E-state index >= 15 is 0 Å². The monoisotopic (exact) mass is 288 g/mol. The third-order valence-electron chi connectivity index (χ3n) is 4.40. The molecule has 0 aromatic heterocycles. The second kappa shape index (κ2) is 5.39. The van der Waals surface area contributed by atoms with Gasteiger partial charge in [-0.25, -0.2) is 0 Å². The largest absolute Gasteiger partial charge is 0.497 e. The highest BCUT2D eigenvalue weighted by Crippen LogP contribution is 2.30. The van der Waals surface area contributed by atoms with Gasteiger partial charge in [0.15, 0.2) is 0 Å². The first-order valence-corrected chi connectivity index (χ1v) is 7.41. The maximum absolute atomic E-state index is 12.8. The maximum Gasteiger partial charge on any atom is 0.250 e. The van der Waals surface area contributed by atoms with Gasteiger partial charge in [0, 0.05) is 12.2 Å². The van der Waals surface area contributed by atoms with Gasteiger partial charge in [0.05, 0.1) is 7.11 Å². The summed E-state index contributed by atoms with van der Waals surface area (Å²) in [6.07, 6.45) is 2.76. The van der Waals surface area contributed by atoms with Crippen molar-refractivity contribution in [2.24, 2.45) is 0 Å². The van der Waals surface area contributed by atoms with Gasteiger partial charge in [-0.15, -0.1) is 0 Å². The fourth-order valence-electron chi connectivity index (χ4n) is 3.25. The molecule has 2 unspecified atom stereocenters. The zero-order valence-electron chi connectivity index (χ0n) is 12.4. The second-order valence-corrected chi connectivity index (χ2v) is 5.63. The minimum absolute atomic E-state index is 0.0342. The minimum atomic E-state index is -0.444. The molecule has 5 heteroatoms. The van der Waals surface area contributed by atoms with Crippen LogP contribution in [-0.4, -0.2) is 42.5 Å². The summed E-state index contributed by atoms with van der Waals surface area (Å²) in [5.41, 5.74) is 0.756. The summed E-state index contributed by atoms with van der Waals surface area (Å²) in [7, 11) is 1.60. The fraction of sp³-hybridized carbons (Fsp3) is 0.500. The van der Waals surface area contributed by atoms with Crippen LogP contribution in [0.15, 0.2) is 24.3 Å². The molecule has 2 amide bonds. The number of carbonyl (C=O) groups excluding carboxylic acids is 2. The highest BCUT2D eigenvalue weighted by atomic mass is 16.5. The molecule has 0 aliphatic carbocycles. The van der Waals surface area contributed by atoms with Gasteiger partial charge in [-0.05, 0) is 50.5 Å². The van der Waals surface area contributed by atoms with Crippen molar-refractivity contribution in [3.63, 3.8) is 0 Å². The highest BCUT2D eigenvalue weighted by molar-refractivity contribution is 6.08. The van der Waals surface area contributed by atoms with Crippen molar-refractivity contribution in [1.82, 2.24) is 4.90 Å². The van der Waals surface area contributed by atoms with E-state index in [1.807, 2.05) is 24.3 Å². The average Bonchev–Trinajstić information content (AvgIpc) is 2.53. The first-order valence-electron chi connectivity index (χ1n) is 7.41. The first kappa shape index (κ1) is 13.9. The molecule has 2 heterocycles. The molecule has 2 saturated heterocycles. The third-order valence-corrected chi connectivity index (χ3v) is 4.40. The lowest BCUT2D eigenvalue weighted by Gasteiger charge is -2.46. The van der Waals surface area contributed by atoms with E-state index in [0.29, 0.717) is 6.54 Å². The lowest BCUT2D eigenvalue weighted by molar-refractivity contribution is -0.147. The highest BCUT2D eigenvalue weighted by Gasteiger charge is 2.45. The van der Waals surface area contributed by atoms with Gasteiger partial charge in [-0.3, -0.25) is 14.5 Å². The zero-order chi connectivity index (χ0) is 15.0. The molecule has 1 aromatic rings. The lowest BCUT2D eigenvalue weighted by atomic mass is 9.95. The molecule has 0 radical (unpaired) electrons. The van der Waals surface area contributed by atoms with Crippen molar-refractivity contribution in [2.75, 3.05) is 18.6 Å². The molecule has 2 aliphatic heterocycles. The number of hydrogen-bond donors (Lipinski definition) is 0. The van der Waals surface area contributed by atoms with Gasteiger partial charge in [0.1, 0.15) is 17.8 Å². The summed E-state index contributed by atoms with van der Waals surface area (Å²) < 4.78 is 5.14. The van der Waals surface area contributed by atoms with Gasteiger partial charge in [0.25, 0.3) is 5.91 Å². The number of nitrogens with zero attached hydrogens (tertiary/aromatic N) is 2. The Kier molecular flexibility index (Phi) is 3.57. The number of anilines is 1. The van der Waals surface area contributed by atoms with Crippen LogP contribution in [0.25, 0.3) is 0 Å². The molecule has 5 nitrogen and oxygen atoms in total. The average molecular weight is 288 g/mol. The third kappa shape index (κ3) is 2.26. The summed E-state index contributed by atoms with van der Waals surface area (Å²) >= 11 is 0. The predicted octanol–water partition coefficient (Wildman–Crippen LogP) is 1.81. The van der Waals surface area contributed by atoms with E-state index < -0.39 is 6.04 Å². The van der Waals surface area contributed by atoms with Gasteiger partial charge < -0.3 is 9.64 Å². The molecule has 112 valence electrons. The van der Waals surface area contributed by atoms with Crippen molar-refractivity contribution in [3.8, 4) is 5.75 Å². The minimum Gasteiger partial charge on any atom is -0.497 e. The Morgan fingerprint density at radius 1 is 1.10 bits per heavy atom. The number of amides is 2. The van der Waals surface area contributed by atoms with Crippen molar-refractivity contribution < 1.29 is 14.3 Å². The van der Waals surface area contributed by atoms with Crippen LogP contribution in [0.2, 0.25) is 0 Å². The zero-order valence-corrected chi connectivity index (χ0v) is 12.4. The molecule has 3 rings (SSSR count). The van der Waals surface area contributed by atoms with Crippen LogP contribution in [0.3, 0.4) is 0 Å². The van der Waals surface area contributed by atoms with Crippen molar-refractivity contribution >= 4 is 17.5 Å². The smallest absolute Gasteiger partial charge is 0.250 e. The lowest BCUT2D eigenvalue weighted by Crippen LogP contribution is -2.65. The van der Waals surface area contributed by atoms with Crippen LogP contribution < -0.4 is 9.64 Å². The molecule has 2 atom stereocenters. The number of ether oxygens (including phenoxy) is 1. The van der Waals surface area contributed by atoms with E-state index in [-0.39, 0.29) is 17.9 Å². The van der Waals surface area contributed by atoms with Crippen molar-refractivity contribution in [3.05, 3.63) is 24.3 Å². The summed E-state index contributed by atoms with van der Waals surface area (Å²) in [6.45, 7) is 2.51. The number of hydrogen-bond acceptors (Lipinski definition) is 3. The van der Waals surface area contributed by atoms with E-state index in [0.717, 1.165) is 30.7 Å². The molecule has 21 heavy (non-hydrogen) atoms. The van der Waals surface area contributed by atoms with Gasteiger partial charge in [-0.1, -0.05) is 0 Å². The molecule has 2 fully saturated rings. The Bertz CT molecular complexity index is 555. The van der Waals surface area contributed by atoms with Crippen LogP contribution in [0.5, 0.6) is 5.75 Å². The number of benzene rings is 1. The van der Waals surface area contributed by atoms with Crippen LogP contribution in [0.1, 0.15) is 26.2 Å². The quantitative estimate of drug-likeness (QED) is 0.834. The van der Waals surface area contributed by atoms with Gasteiger partial charge in [0.2, 0.25) is 5.91 Å². The standard InChI is InChI=1S/C16H20N2O3/c1-11-15(19)17-10-4-3-5-14(17)16(20)18(11)12-6-8-13(21-2)9-7-12/h6-9,11,14H,3-5,10H2,1-2H3. The Labute approximate surface area is 124 Å². The Morgan fingerprint density at radius 3 is 2.48 bits per heavy atom. The normalized spacial score (nSPS) is 25.8. The van der Waals surface area contributed by atoms with Gasteiger partial charge in [-0.2, -0.15) is 0 Å². The molecule has 2 aliphatic rings. The SMILES string of the molecule is COc1ccc(N2C(=O)C3CCCCN3C(=O)C2C)cc1. The molecule has 1 aromatic carbocycles. The Balaban J connectivity index is 1.92. The number of piperazine rings is 1. The van der Waals surface area contributed by atoms with E-state index in [2.05, 4.69) is 0 Å². The molecule has 0 bridgehead atoms. The maximum atomic E-state index is 12.8. The summed E-state index contributed by atoms with van der Waals surface area (Å²) in [4.78, 5) is 28.7. The summed E-state index contributed by atoms with van der Waals surface area (Å²) in [5, 5.41) is 0. The van der Waals surface area contributed by atoms with Crippen molar-refractivity contribution in [1.29, 1.82) is 0 Å². The topological polar surface area (TPSA) is 49.9 Å². The van der Waals surface area contributed by atoms with Crippen LogP contribution in [0.4, 0.5) is 5.69 Å². The van der Waals surface area contributed by atoms with E-state index in [1.54, 1.807) is 23.8 Å². The first-order chi connectivity index (χ1) is 10.1. The number of rotatable bonds is 2. The predicted molar refractivity (Wildman–Crippen MR) is 79.3 cm³/mol. The van der Waals surface area contributed by atoms with Crippen LogP contribution in [0, 0.1) is 0 Å². The molecular weight excluding hydrogens is 268 g/mol. The molecule has 0 N–H and O–H groups in total. The van der Waals surface area contributed by atoms with Crippen LogP contribution in [-0.2, 0) is 9.59 Å². The summed E-state index contributed by atoms with van der Waals surface area (Å²) in [6, 6.07) is 6.56. The Hall–Kier alpha value is -2.04. The molecule has 0 saturated carbocycles. The number of methoxy groups -OCH3 is 1. The van der Waals surface area contributed by atoms with Gasteiger partial charge >= 0.3 is 0 Å². The molecule has 0 spiro atoms. The van der Waals surface area contributed by atoms with E-state index in [1.165, 1.54) is 0 Å². The number of piperidine rings is 1. The Morgan fingerprint density at radius 2 is 1.81 bits per heavy atom. The van der Waals surface area contributed by atoms with E-state index in [4.69, 9.17) is 4.74 Å². The van der Waals surface area contributed by atoms with Crippen LogP contribution >= 0.6 is 0 Å². The summed E-state index contributed by atoms with van der Waals surface area (Å²) in [5.74, 6) is 0.823.